The summed E-state index contributed by atoms with van der Waals surface area (Å²) in [5.74, 6) is -0.0731. The van der Waals surface area contributed by atoms with E-state index in [2.05, 4.69) is 6.07 Å². The molecule has 1 atom stereocenters. The molecule has 2 aromatic carbocycles. The number of Topliss-reactive ketones (excluding diaryl/α,β-unsaturated/α-hetero) is 1. The van der Waals surface area contributed by atoms with E-state index in [1.807, 2.05) is 66.7 Å². The van der Waals surface area contributed by atoms with Gasteiger partial charge in [0.1, 0.15) is 18.2 Å². The van der Waals surface area contributed by atoms with Crippen LogP contribution in [0.1, 0.15) is 11.1 Å². The zero-order valence-corrected chi connectivity index (χ0v) is 13.8. The Kier molecular flexibility index (Phi) is 3.73. The number of hydrogen-bond acceptors (Lipinski definition) is 4. The summed E-state index contributed by atoms with van der Waals surface area (Å²) in [6, 6.07) is 22.6. The average Bonchev–Trinajstić information content (AvgIpc) is 2.99. The number of benzene rings is 2. The van der Waals surface area contributed by atoms with Crippen LogP contribution in [0.3, 0.4) is 0 Å². The molecule has 2 aliphatic rings. The number of rotatable bonds is 2. The molecule has 0 amide bonds. The van der Waals surface area contributed by atoms with Crippen molar-refractivity contribution in [2.75, 3.05) is 0 Å². The van der Waals surface area contributed by atoms with Crippen LogP contribution in [-0.2, 0) is 4.79 Å². The summed E-state index contributed by atoms with van der Waals surface area (Å²) in [7, 11) is 0. The Labute approximate surface area is 151 Å². The minimum Gasteiger partial charge on any atom is -0.331 e. The molecule has 0 saturated carbocycles. The van der Waals surface area contributed by atoms with Gasteiger partial charge in [0.2, 0.25) is 0 Å². The maximum absolute atomic E-state index is 13.2. The molecule has 26 heavy (non-hydrogen) atoms. The van der Waals surface area contributed by atoms with Crippen LogP contribution in [-0.4, -0.2) is 16.7 Å². The van der Waals surface area contributed by atoms with Crippen molar-refractivity contribution in [1.82, 2.24) is 4.90 Å². The van der Waals surface area contributed by atoms with Gasteiger partial charge in [0.25, 0.3) is 0 Å². The zero-order valence-electron chi connectivity index (χ0n) is 13.8. The minimum atomic E-state index is -0.604. The first-order chi connectivity index (χ1) is 12.7. The van der Waals surface area contributed by atoms with Crippen molar-refractivity contribution in [3.8, 4) is 12.1 Å². The predicted molar refractivity (Wildman–Crippen MR) is 97.7 cm³/mol. The summed E-state index contributed by atoms with van der Waals surface area (Å²) in [6.45, 7) is 0. The number of nitriles is 2. The van der Waals surface area contributed by atoms with Crippen LogP contribution in [0, 0.1) is 22.7 Å². The normalized spacial score (nSPS) is 18.6. The van der Waals surface area contributed by atoms with Crippen molar-refractivity contribution >= 4 is 17.1 Å². The van der Waals surface area contributed by atoms with E-state index in [-0.39, 0.29) is 16.9 Å². The summed E-state index contributed by atoms with van der Waals surface area (Å²) in [6.07, 6.45) is 3.19. The van der Waals surface area contributed by atoms with Crippen LogP contribution < -0.4 is 0 Å². The highest BCUT2D eigenvalue weighted by Gasteiger charge is 2.41. The van der Waals surface area contributed by atoms with Crippen molar-refractivity contribution in [1.29, 1.82) is 10.5 Å². The van der Waals surface area contributed by atoms with Crippen molar-refractivity contribution in [3.63, 3.8) is 0 Å². The number of ketones is 1. The summed E-state index contributed by atoms with van der Waals surface area (Å²) >= 11 is 0. The highest BCUT2D eigenvalue weighted by Crippen LogP contribution is 2.42. The Hall–Kier alpha value is -3.89. The molecule has 1 unspecified atom stereocenters. The van der Waals surface area contributed by atoms with E-state index in [0.29, 0.717) is 5.57 Å². The smallest absolute Gasteiger partial charge is 0.192 e. The fraction of sp³-hybridized carbons (Fsp3) is 0.0455. The fourth-order valence-electron chi connectivity index (χ4n) is 3.38. The molecule has 0 radical (unpaired) electrons. The van der Waals surface area contributed by atoms with Gasteiger partial charge in [-0.25, -0.2) is 0 Å². The lowest BCUT2D eigenvalue weighted by molar-refractivity contribution is -0.115. The minimum absolute atomic E-state index is 0.0731. The van der Waals surface area contributed by atoms with Gasteiger partial charge >= 0.3 is 0 Å². The lowest BCUT2D eigenvalue weighted by Crippen LogP contribution is -2.31. The molecule has 122 valence electrons. The molecular formula is C22H13N3O. The molecule has 2 aliphatic heterocycles. The van der Waals surface area contributed by atoms with Crippen LogP contribution in [0.25, 0.3) is 11.3 Å². The van der Waals surface area contributed by atoms with Crippen LogP contribution in [0.2, 0.25) is 0 Å². The molecule has 0 spiro atoms. The fourth-order valence-corrected chi connectivity index (χ4v) is 3.38. The topological polar surface area (TPSA) is 67.9 Å². The number of fused-ring (bicyclic) bond motifs is 1. The SMILES string of the molecule is N#CC1=CC2C(=O)C(c3ccccc3)=C(c3ccccc3)N2C=C1C#N. The van der Waals surface area contributed by atoms with Gasteiger partial charge in [0.15, 0.2) is 5.78 Å². The summed E-state index contributed by atoms with van der Waals surface area (Å²) in [5, 5.41) is 18.7. The number of carbonyl (C=O) groups is 1. The molecule has 0 saturated heterocycles. The maximum atomic E-state index is 13.2. The third-order valence-corrected chi connectivity index (χ3v) is 4.54. The van der Waals surface area contributed by atoms with E-state index in [1.54, 1.807) is 17.2 Å². The van der Waals surface area contributed by atoms with Crippen molar-refractivity contribution in [2.24, 2.45) is 0 Å². The first kappa shape index (κ1) is 15.6. The molecule has 4 heteroatoms. The highest BCUT2D eigenvalue weighted by molar-refractivity contribution is 6.33. The molecule has 2 heterocycles. The standard InChI is InChI=1S/C22H13N3O/c23-12-17-11-19-22(26)20(15-7-3-1-4-8-15)21(16-9-5-2-6-10-16)25(19)14-18(17)13-24/h1-11,14,19H. The quantitative estimate of drug-likeness (QED) is 0.839. The third-order valence-electron chi connectivity index (χ3n) is 4.54. The van der Waals surface area contributed by atoms with Crippen molar-refractivity contribution in [2.45, 2.75) is 6.04 Å². The largest absolute Gasteiger partial charge is 0.331 e. The van der Waals surface area contributed by atoms with Gasteiger partial charge in [-0.2, -0.15) is 10.5 Å². The Bertz CT molecular complexity index is 1060. The van der Waals surface area contributed by atoms with Gasteiger partial charge in [0.05, 0.1) is 22.4 Å². The maximum Gasteiger partial charge on any atom is 0.192 e. The summed E-state index contributed by atoms with van der Waals surface area (Å²) < 4.78 is 0. The van der Waals surface area contributed by atoms with E-state index < -0.39 is 6.04 Å². The third kappa shape index (κ3) is 2.33. The molecule has 0 N–H and O–H groups in total. The van der Waals surface area contributed by atoms with Gasteiger partial charge in [-0.15, -0.1) is 0 Å². The van der Waals surface area contributed by atoms with Gasteiger partial charge in [-0.05, 0) is 17.2 Å². The van der Waals surface area contributed by atoms with E-state index in [1.165, 1.54) is 0 Å². The number of allylic oxidation sites excluding steroid dienone is 2. The Morgan fingerprint density at radius 3 is 1.96 bits per heavy atom. The van der Waals surface area contributed by atoms with E-state index in [0.717, 1.165) is 16.8 Å². The Morgan fingerprint density at radius 2 is 1.38 bits per heavy atom. The monoisotopic (exact) mass is 335 g/mol. The molecule has 0 aliphatic carbocycles. The molecule has 0 bridgehead atoms. The van der Waals surface area contributed by atoms with Gasteiger partial charge < -0.3 is 4.90 Å². The lowest BCUT2D eigenvalue weighted by atomic mass is 9.96. The van der Waals surface area contributed by atoms with Crippen LogP contribution in [0.15, 0.2) is 84.1 Å². The zero-order chi connectivity index (χ0) is 18.1. The Balaban J connectivity index is 1.98. The number of hydrogen-bond donors (Lipinski definition) is 0. The van der Waals surface area contributed by atoms with Gasteiger partial charge in [0, 0.05) is 6.20 Å². The molecule has 0 fully saturated rings. The summed E-state index contributed by atoms with van der Waals surface area (Å²) in [4.78, 5) is 15.0. The van der Waals surface area contributed by atoms with E-state index in [4.69, 9.17) is 0 Å². The second kappa shape index (κ2) is 6.20. The van der Waals surface area contributed by atoms with Crippen LogP contribution >= 0.6 is 0 Å². The van der Waals surface area contributed by atoms with E-state index >= 15 is 0 Å². The molecule has 2 aromatic rings. The number of carbonyl (C=O) groups excluding carboxylic acids is 1. The molecule has 0 aromatic heterocycles. The second-order valence-electron chi connectivity index (χ2n) is 6.02. The van der Waals surface area contributed by atoms with Crippen LogP contribution in [0.4, 0.5) is 0 Å². The molecule has 4 nitrogen and oxygen atoms in total. The summed E-state index contributed by atoms with van der Waals surface area (Å²) in [5.41, 5.74) is 3.58. The number of nitrogens with zero attached hydrogens (tertiary/aromatic N) is 3. The lowest BCUT2D eigenvalue weighted by Gasteiger charge is -2.26. The van der Waals surface area contributed by atoms with Crippen molar-refractivity contribution in [3.05, 3.63) is 95.2 Å². The van der Waals surface area contributed by atoms with E-state index in [9.17, 15) is 15.3 Å². The van der Waals surface area contributed by atoms with Crippen LogP contribution in [0.5, 0.6) is 0 Å². The highest BCUT2D eigenvalue weighted by atomic mass is 16.1. The predicted octanol–water partition coefficient (Wildman–Crippen LogP) is 3.68. The molecular weight excluding hydrogens is 322 g/mol. The van der Waals surface area contributed by atoms with Crippen molar-refractivity contribution < 1.29 is 4.79 Å². The van der Waals surface area contributed by atoms with Gasteiger partial charge in [-0.3, -0.25) is 4.79 Å². The second-order valence-corrected chi connectivity index (χ2v) is 6.02. The molecule has 4 rings (SSSR count). The Morgan fingerprint density at radius 1 is 0.808 bits per heavy atom. The first-order valence-corrected chi connectivity index (χ1v) is 8.16. The first-order valence-electron chi connectivity index (χ1n) is 8.16. The average molecular weight is 335 g/mol. The van der Waals surface area contributed by atoms with Gasteiger partial charge in [-0.1, -0.05) is 60.7 Å².